The van der Waals surface area contributed by atoms with E-state index in [0.717, 1.165) is 19.3 Å². The molecule has 0 spiro atoms. The van der Waals surface area contributed by atoms with E-state index in [2.05, 4.69) is 36.9 Å². The molecule has 0 radical (unpaired) electrons. The third-order valence-electron chi connectivity index (χ3n) is 4.73. The van der Waals surface area contributed by atoms with Gasteiger partial charge in [-0.25, -0.2) is 9.78 Å². The molecule has 1 aromatic heterocycles. The second kappa shape index (κ2) is 9.51. The van der Waals surface area contributed by atoms with Gasteiger partial charge < -0.3 is 21.1 Å². The van der Waals surface area contributed by atoms with Crippen LogP contribution in [0.4, 0.5) is 16.2 Å². The number of hydrogen-bond donors (Lipinski definition) is 4. The van der Waals surface area contributed by atoms with Gasteiger partial charge in [-0.3, -0.25) is 9.59 Å². The van der Waals surface area contributed by atoms with Gasteiger partial charge in [0.25, 0.3) is 5.91 Å². The highest BCUT2D eigenvalue weighted by Crippen LogP contribution is 2.26. The quantitative estimate of drug-likeness (QED) is 0.504. The molecule has 8 nitrogen and oxygen atoms in total. The molecule has 1 fully saturated rings. The second-order valence-corrected chi connectivity index (χ2v) is 7.69. The molecule has 0 unspecified atom stereocenters. The molecule has 1 aromatic carbocycles. The third kappa shape index (κ3) is 6.02. The Kier molecular flexibility index (Phi) is 6.82. The SMILES string of the molecule is O=C(O)N[C@@H]1CCC[C@H](C(=O)Nc2ccc(NC(=O)c3cccc(Br)n3)cc2)C1. The van der Waals surface area contributed by atoms with E-state index in [1.54, 1.807) is 42.5 Å². The summed E-state index contributed by atoms with van der Waals surface area (Å²) >= 11 is 3.23. The van der Waals surface area contributed by atoms with Crippen LogP contribution in [0.3, 0.4) is 0 Å². The molecular weight excluding hydrogens is 440 g/mol. The molecule has 3 amide bonds. The Morgan fingerprint density at radius 1 is 1.00 bits per heavy atom. The zero-order valence-electron chi connectivity index (χ0n) is 15.5. The minimum absolute atomic E-state index is 0.128. The average Bonchev–Trinajstić information content (AvgIpc) is 2.69. The first-order valence-electron chi connectivity index (χ1n) is 9.25. The van der Waals surface area contributed by atoms with Crippen LogP contribution in [0.5, 0.6) is 0 Å². The summed E-state index contributed by atoms with van der Waals surface area (Å²) in [5, 5.41) is 16.9. The van der Waals surface area contributed by atoms with Crippen LogP contribution >= 0.6 is 15.9 Å². The fraction of sp³-hybridized carbons (Fsp3) is 0.300. The largest absolute Gasteiger partial charge is 0.465 e. The molecule has 2 aromatic rings. The molecule has 9 heteroatoms. The Hall–Kier alpha value is -2.94. The number of halogens is 1. The van der Waals surface area contributed by atoms with E-state index in [1.165, 1.54) is 0 Å². The lowest BCUT2D eigenvalue weighted by atomic mass is 9.85. The lowest BCUT2D eigenvalue weighted by Crippen LogP contribution is -2.40. The smallest absolute Gasteiger partial charge is 0.404 e. The summed E-state index contributed by atoms with van der Waals surface area (Å²) in [7, 11) is 0. The summed E-state index contributed by atoms with van der Waals surface area (Å²) in [4.78, 5) is 39.7. The van der Waals surface area contributed by atoms with Gasteiger partial charge in [-0.05, 0) is 71.6 Å². The summed E-state index contributed by atoms with van der Waals surface area (Å²) < 4.78 is 0.576. The molecular formula is C20H21BrN4O4. The maximum Gasteiger partial charge on any atom is 0.404 e. The highest BCUT2D eigenvalue weighted by Gasteiger charge is 2.28. The zero-order valence-corrected chi connectivity index (χ0v) is 17.1. The summed E-state index contributed by atoms with van der Waals surface area (Å²) in [6, 6.07) is 11.7. The van der Waals surface area contributed by atoms with E-state index in [9.17, 15) is 14.4 Å². The number of hydrogen-bond acceptors (Lipinski definition) is 4. The van der Waals surface area contributed by atoms with Gasteiger partial charge in [-0.1, -0.05) is 12.5 Å². The molecule has 4 N–H and O–H groups in total. The number of aromatic nitrogens is 1. The summed E-state index contributed by atoms with van der Waals surface area (Å²) in [6.07, 6.45) is 1.71. The van der Waals surface area contributed by atoms with E-state index in [4.69, 9.17) is 5.11 Å². The number of rotatable bonds is 5. The summed E-state index contributed by atoms with van der Waals surface area (Å²) in [5.41, 5.74) is 1.48. The maximum atomic E-state index is 12.5. The van der Waals surface area contributed by atoms with Gasteiger partial charge >= 0.3 is 6.09 Å². The Morgan fingerprint density at radius 3 is 2.34 bits per heavy atom. The van der Waals surface area contributed by atoms with Crippen molar-refractivity contribution in [3.05, 3.63) is 52.8 Å². The van der Waals surface area contributed by atoms with Gasteiger partial charge in [0, 0.05) is 23.3 Å². The number of nitrogens with zero attached hydrogens (tertiary/aromatic N) is 1. The Bertz CT molecular complexity index is 904. The molecule has 0 bridgehead atoms. The van der Waals surface area contributed by atoms with Crippen molar-refractivity contribution >= 4 is 45.2 Å². The molecule has 1 saturated carbocycles. The molecule has 0 aliphatic heterocycles. The van der Waals surface area contributed by atoms with Crippen molar-refractivity contribution in [1.82, 2.24) is 10.3 Å². The van der Waals surface area contributed by atoms with E-state index in [1.807, 2.05) is 0 Å². The van der Waals surface area contributed by atoms with Crippen molar-refractivity contribution < 1.29 is 19.5 Å². The number of carboxylic acid groups (broad SMARTS) is 1. The van der Waals surface area contributed by atoms with Crippen molar-refractivity contribution in [2.24, 2.45) is 5.92 Å². The minimum atomic E-state index is -1.06. The lowest BCUT2D eigenvalue weighted by molar-refractivity contribution is -0.121. The maximum absolute atomic E-state index is 12.5. The number of carbonyl (C=O) groups excluding carboxylic acids is 2. The van der Waals surface area contributed by atoms with Gasteiger partial charge in [0.2, 0.25) is 5.91 Å². The monoisotopic (exact) mass is 460 g/mol. The fourth-order valence-electron chi connectivity index (χ4n) is 3.34. The molecule has 1 aliphatic carbocycles. The van der Waals surface area contributed by atoms with Gasteiger partial charge in [0.05, 0.1) is 0 Å². The Labute approximate surface area is 176 Å². The van der Waals surface area contributed by atoms with Crippen LogP contribution in [0.25, 0.3) is 0 Å². The van der Waals surface area contributed by atoms with Crippen LogP contribution in [0.1, 0.15) is 36.2 Å². The van der Waals surface area contributed by atoms with E-state index in [0.29, 0.717) is 28.1 Å². The van der Waals surface area contributed by atoms with E-state index >= 15 is 0 Å². The van der Waals surface area contributed by atoms with Crippen molar-refractivity contribution in [2.45, 2.75) is 31.7 Å². The highest BCUT2D eigenvalue weighted by atomic mass is 79.9. The van der Waals surface area contributed by atoms with Crippen molar-refractivity contribution in [1.29, 1.82) is 0 Å². The highest BCUT2D eigenvalue weighted by molar-refractivity contribution is 9.10. The lowest BCUT2D eigenvalue weighted by Gasteiger charge is -2.28. The first-order valence-corrected chi connectivity index (χ1v) is 10.0. The number of anilines is 2. The number of nitrogens with one attached hydrogen (secondary N) is 3. The fourth-order valence-corrected chi connectivity index (χ4v) is 3.69. The average molecular weight is 461 g/mol. The van der Waals surface area contributed by atoms with Crippen LogP contribution in [-0.4, -0.2) is 34.0 Å². The van der Waals surface area contributed by atoms with Gasteiger partial charge in [0.1, 0.15) is 10.3 Å². The predicted octanol–water partition coefficient (Wildman–Crippen LogP) is 3.86. The topological polar surface area (TPSA) is 120 Å². The van der Waals surface area contributed by atoms with Gasteiger partial charge in [-0.2, -0.15) is 0 Å². The zero-order chi connectivity index (χ0) is 20.8. The number of carbonyl (C=O) groups is 3. The van der Waals surface area contributed by atoms with Crippen LogP contribution in [0.15, 0.2) is 47.1 Å². The van der Waals surface area contributed by atoms with Crippen LogP contribution in [0, 0.1) is 5.92 Å². The van der Waals surface area contributed by atoms with Crippen molar-refractivity contribution in [2.75, 3.05) is 10.6 Å². The Balaban J connectivity index is 1.55. The first kappa shape index (κ1) is 20.8. The Morgan fingerprint density at radius 2 is 1.69 bits per heavy atom. The summed E-state index contributed by atoms with van der Waals surface area (Å²) in [6.45, 7) is 0. The second-order valence-electron chi connectivity index (χ2n) is 6.88. The van der Waals surface area contributed by atoms with Crippen LogP contribution in [-0.2, 0) is 4.79 Å². The standard InChI is InChI=1S/C20H21BrN4O4/c21-17-6-2-5-16(25-17)19(27)23-14-9-7-13(8-10-14)22-18(26)12-3-1-4-15(11-12)24-20(28)29/h2,5-10,12,15,24H,1,3-4,11H2,(H,22,26)(H,23,27)(H,28,29)/t12-,15+/m0/s1. The minimum Gasteiger partial charge on any atom is -0.465 e. The van der Waals surface area contributed by atoms with Crippen molar-refractivity contribution in [3.63, 3.8) is 0 Å². The molecule has 1 aliphatic rings. The van der Waals surface area contributed by atoms with Crippen molar-refractivity contribution in [3.8, 4) is 0 Å². The number of benzene rings is 1. The molecule has 0 saturated heterocycles. The third-order valence-corrected chi connectivity index (χ3v) is 5.17. The normalized spacial score (nSPS) is 18.5. The summed E-state index contributed by atoms with van der Waals surface area (Å²) in [5.74, 6) is -0.693. The van der Waals surface area contributed by atoms with Gasteiger partial charge in [-0.15, -0.1) is 0 Å². The molecule has 1 heterocycles. The molecule has 2 atom stereocenters. The van der Waals surface area contributed by atoms with Crippen LogP contribution < -0.4 is 16.0 Å². The number of amides is 3. The molecule has 29 heavy (non-hydrogen) atoms. The molecule has 3 rings (SSSR count). The van der Waals surface area contributed by atoms with Gasteiger partial charge in [0.15, 0.2) is 0 Å². The van der Waals surface area contributed by atoms with Crippen LogP contribution in [0.2, 0.25) is 0 Å². The first-order chi connectivity index (χ1) is 13.9. The predicted molar refractivity (Wildman–Crippen MR) is 112 cm³/mol. The molecule has 152 valence electrons. The van der Waals surface area contributed by atoms with E-state index in [-0.39, 0.29) is 23.8 Å². The van der Waals surface area contributed by atoms with E-state index < -0.39 is 6.09 Å². The number of pyridine rings is 1.